The summed E-state index contributed by atoms with van der Waals surface area (Å²) >= 11 is 2.19. The van der Waals surface area contributed by atoms with Crippen LogP contribution in [0.4, 0.5) is 0 Å². The Morgan fingerprint density at radius 2 is 1.54 bits per heavy atom. The van der Waals surface area contributed by atoms with Gasteiger partial charge in [-0.3, -0.25) is 14.3 Å². The van der Waals surface area contributed by atoms with E-state index >= 15 is 0 Å². The lowest BCUT2D eigenvalue weighted by Crippen LogP contribution is -2.50. The number of fused-ring (bicyclic) bond motifs is 1. The third kappa shape index (κ3) is 3.24. The Bertz CT molecular complexity index is 840. The highest BCUT2D eigenvalue weighted by molar-refractivity contribution is 14.1. The Hall–Kier alpha value is -1.90. The van der Waals surface area contributed by atoms with Crippen LogP contribution in [-0.4, -0.2) is 57.6 Å². The number of halogens is 1. The van der Waals surface area contributed by atoms with Crippen LogP contribution in [0.25, 0.3) is 0 Å². The molecule has 0 saturated carbocycles. The van der Waals surface area contributed by atoms with Gasteiger partial charge in [-0.05, 0) is 54.0 Å². The molecule has 3 heterocycles. The number of hydrogen-bond donors (Lipinski definition) is 0. The molecular formula is C19H21IN4O2. The lowest BCUT2D eigenvalue weighted by atomic mass is 10.1. The Kier molecular flexibility index (Phi) is 4.97. The quantitative estimate of drug-likeness (QED) is 0.642. The average molecular weight is 464 g/mol. The molecule has 0 atom stereocenters. The maximum Gasteiger partial charge on any atom is 0.257 e. The van der Waals surface area contributed by atoms with E-state index in [0.29, 0.717) is 26.2 Å². The minimum Gasteiger partial charge on any atom is -0.335 e. The maximum absolute atomic E-state index is 12.9. The first-order valence-corrected chi connectivity index (χ1v) is 10.1. The molecule has 1 saturated heterocycles. The first-order chi connectivity index (χ1) is 12.6. The monoisotopic (exact) mass is 464 g/mol. The fraction of sp³-hybridized carbons (Fsp3) is 0.421. The molecule has 1 aromatic heterocycles. The first-order valence-electron chi connectivity index (χ1n) is 9.03. The predicted octanol–water partition coefficient (Wildman–Crippen LogP) is 2.42. The van der Waals surface area contributed by atoms with E-state index in [9.17, 15) is 9.59 Å². The second-order valence-corrected chi connectivity index (χ2v) is 7.91. The summed E-state index contributed by atoms with van der Waals surface area (Å²) in [5.74, 6) is 0.0968. The normalized spacial score (nSPS) is 17.1. The fourth-order valence-electron chi connectivity index (χ4n) is 3.69. The van der Waals surface area contributed by atoms with E-state index in [-0.39, 0.29) is 11.8 Å². The third-order valence-electron chi connectivity index (χ3n) is 5.17. The van der Waals surface area contributed by atoms with Crippen molar-refractivity contribution in [3.8, 4) is 0 Å². The molecule has 0 spiro atoms. The summed E-state index contributed by atoms with van der Waals surface area (Å²) < 4.78 is 2.92. The molecule has 6 nitrogen and oxygen atoms in total. The number of rotatable bonds is 2. The highest BCUT2D eigenvalue weighted by atomic mass is 127. The van der Waals surface area contributed by atoms with Crippen LogP contribution in [0, 0.1) is 3.57 Å². The van der Waals surface area contributed by atoms with Crippen LogP contribution in [0.2, 0.25) is 0 Å². The van der Waals surface area contributed by atoms with E-state index in [2.05, 4.69) is 27.7 Å². The number of aromatic nitrogens is 2. The molecule has 7 heteroatoms. The zero-order valence-corrected chi connectivity index (χ0v) is 16.7. The third-order valence-corrected chi connectivity index (χ3v) is 6.11. The molecule has 136 valence electrons. The molecule has 0 radical (unpaired) electrons. The number of aryl methyl sites for hydroxylation is 1. The molecule has 26 heavy (non-hydrogen) atoms. The molecule has 2 aliphatic rings. The van der Waals surface area contributed by atoms with E-state index in [1.54, 1.807) is 6.20 Å². The number of benzene rings is 1. The van der Waals surface area contributed by atoms with Crippen molar-refractivity contribution in [1.29, 1.82) is 0 Å². The molecule has 0 bridgehead atoms. The summed E-state index contributed by atoms with van der Waals surface area (Å²) in [6, 6.07) is 7.62. The minimum absolute atomic E-state index is 0.0463. The summed E-state index contributed by atoms with van der Waals surface area (Å²) in [6.45, 7) is 3.18. The SMILES string of the molecule is O=C(c1ccccc1I)N1CCN(C(=O)c2cnn3c2CCCC3)CC1. The molecule has 0 aliphatic carbocycles. The topological polar surface area (TPSA) is 58.4 Å². The van der Waals surface area contributed by atoms with Gasteiger partial charge in [0.05, 0.1) is 23.0 Å². The van der Waals surface area contributed by atoms with E-state index in [1.807, 2.05) is 38.7 Å². The second-order valence-electron chi connectivity index (χ2n) is 6.75. The van der Waals surface area contributed by atoms with Gasteiger partial charge in [0.1, 0.15) is 0 Å². The first kappa shape index (κ1) is 17.5. The summed E-state index contributed by atoms with van der Waals surface area (Å²) in [5.41, 5.74) is 2.54. The zero-order valence-electron chi connectivity index (χ0n) is 14.5. The summed E-state index contributed by atoms with van der Waals surface area (Å²) in [4.78, 5) is 29.3. The molecule has 1 fully saturated rings. The van der Waals surface area contributed by atoms with E-state index < -0.39 is 0 Å². The largest absolute Gasteiger partial charge is 0.335 e. The average Bonchev–Trinajstić information content (AvgIpc) is 3.11. The smallest absolute Gasteiger partial charge is 0.257 e. The van der Waals surface area contributed by atoms with Crippen LogP contribution in [0.15, 0.2) is 30.5 Å². The van der Waals surface area contributed by atoms with Crippen LogP contribution in [0.1, 0.15) is 39.3 Å². The van der Waals surface area contributed by atoms with Crippen LogP contribution in [-0.2, 0) is 13.0 Å². The predicted molar refractivity (Wildman–Crippen MR) is 106 cm³/mol. The molecule has 0 N–H and O–H groups in total. The van der Waals surface area contributed by atoms with Crippen molar-refractivity contribution >= 4 is 34.4 Å². The molecular weight excluding hydrogens is 443 g/mol. The van der Waals surface area contributed by atoms with Crippen molar-refractivity contribution in [2.75, 3.05) is 26.2 Å². The molecule has 2 aliphatic heterocycles. The number of carbonyl (C=O) groups excluding carboxylic acids is 2. The van der Waals surface area contributed by atoms with E-state index in [1.165, 1.54) is 0 Å². The number of piperazine rings is 1. The van der Waals surface area contributed by atoms with Crippen molar-refractivity contribution in [2.45, 2.75) is 25.8 Å². The summed E-state index contributed by atoms with van der Waals surface area (Å²) in [6.07, 6.45) is 4.88. The van der Waals surface area contributed by atoms with Crippen molar-refractivity contribution < 1.29 is 9.59 Å². The van der Waals surface area contributed by atoms with Crippen molar-refractivity contribution in [3.63, 3.8) is 0 Å². The fourth-order valence-corrected chi connectivity index (χ4v) is 4.31. The highest BCUT2D eigenvalue weighted by Gasteiger charge is 2.29. The van der Waals surface area contributed by atoms with Gasteiger partial charge in [-0.1, -0.05) is 12.1 Å². The molecule has 2 aromatic rings. The van der Waals surface area contributed by atoms with Gasteiger partial charge in [0.15, 0.2) is 0 Å². The van der Waals surface area contributed by atoms with Crippen LogP contribution >= 0.6 is 22.6 Å². The molecule has 1 aromatic carbocycles. The summed E-state index contributed by atoms with van der Waals surface area (Å²) in [5, 5.41) is 4.37. The van der Waals surface area contributed by atoms with Gasteiger partial charge < -0.3 is 9.80 Å². The van der Waals surface area contributed by atoms with Gasteiger partial charge in [0.25, 0.3) is 11.8 Å². The van der Waals surface area contributed by atoms with Gasteiger partial charge in [-0.25, -0.2) is 0 Å². The van der Waals surface area contributed by atoms with Gasteiger partial charge in [0, 0.05) is 36.3 Å². The minimum atomic E-state index is 0.0463. The zero-order chi connectivity index (χ0) is 18.1. The Morgan fingerprint density at radius 1 is 0.885 bits per heavy atom. The molecule has 0 unspecified atom stereocenters. The molecule has 2 amide bonds. The standard InChI is InChI=1S/C19H21IN4O2/c20-16-6-2-1-5-14(16)18(25)22-9-11-23(12-10-22)19(26)15-13-21-24-8-4-3-7-17(15)24/h1-2,5-6,13H,3-4,7-12H2. The van der Waals surface area contributed by atoms with Crippen molar-refractivity contribution in [2.24, 2.45) is 0 Å². The second kappa shape index (κ2) is 7.38. The lowest BCUT2D eigenvalue weighted by molar-refractivity contribution is 0.0534. The summed E-state index contributed by atoms with van der Waals surface area (Å²) in [7, 11) is 0. The van der Waals surface area contributed by atoms with Crippen LogP contribution in [0.5, 0.6) is 0 Å². The Balaban J connectivity index is 1.42. The Labute approximate surface area is 166 Å². The van der Waals surface area contributed by atoms with Crippen molar-refractivity contribution in [1.82, 2.24) is 19.6 Å². The maximum atomic E-state index is 12.9. The molecule has 4 rings (SSSR count). The van der Waals surface area contributed by atoms with Crippen molar-refractivity contribution in [3.05, 3.63) is 50.9 Å². The van der Waals surface area contributed by atoms with E-state index in [4.69, 9.17) is 0 Å². The van der Waals surface area contributed by atoms with Crippen LogP contribution in [0.3, 0.4) is 0 Å². The highest BCUT2D eigenvalue weighted by Crippen LogP contribution is 2.21. The van der Waals surface area contributed by atoms with Gasteiger partial charge >= 0.3 is 0 Å². The number of carbonyl (C=O) groups is 2. The van der Waals surface area contributed by atoms with Gasteiger partial charge in [-0.2, -0.15) is 5.10 Å². The van der Waals surface area contributed by atoms with Gasteiger partial charge in [0.2, 0.25) is 0 Å². The lowest BCUT2D eigenvalue weighted by Gasteiger charge is -2.35. The van der Waals surface area contributed by atoms with Gasteiger partial charge in [-0.15, -0.1) is 0 Å². The number of amides is 2. The Morgan fingerprint density at radius 3 is 2.23 bits per heavy atom. The van der Waals surface area contributed by atoms with Crippen LogP contribution < -0.4 is 0 Å². The number of hydrogen-bond acceptors (Lipinski definition) is 3. The number of nitrogens with zero attached hydrogens (tertiary/aromatic N) is 4. The van der Waals surface area contributed by atoms with E-state index in [0.717, 1.165) is 46.2 Å².